The van der Waals surface area contributed by atoms with Crippen LogP contribution in [0.5, 0.6) is 0 Å². The third kappa shape index (κ3) is 4.31. The van der Waals surface area contributed by atoms with Crippen LogP contribution in [0.15, 0.2) is 59.7 Å². The van der Waals surface area contributed by atoms with Gasteiger partial charge < -0.3 is 11.5 Å². The minimum absolute atomic E-state index is 0.0224. The fourth-order valence-corrected chi connectivity index (χ4v) is 3.14. The van der Waals surface area contributed by atoms with Crippen molar-refractivity contribution in [3.63, 3.8) is 0 Å². The molecular weight excluding hydrogens is 346 g/mol. The Morgan fingerprint density at radius 3 is 2.46 bits per heavy atom. The molecule has 3 rings (SSSR count). The molecule has 134 valence electrons. The van der Waals surface area contributed by atoms with Gasteiger partial charge in [-0.1, -0.05) is 61.0 Å². The summed E-state index contributed by atoms with van der Waals surface area (Å²) >= 11 is 6.27. The molecule has 5 nitrogen and oxygen atoms in total. The number of aliphatic imine (C=N–C) groups is 1. The maximum Gasteiger partial charge on any atom is 0.192 e. The molecule has 4 N–H and O–H groups in total. The van der Waals surface area contributed by atoms with E-state index in [4.69, 9.17) is 23.1 Å². The highest BCUT2D eigenvalue weighted by molar-refractivity contribution is 6.35. The minimum Gasteiger partial charge on any atom is -0.370 e. The predicted molar refractivity (Wildman–Crippen MR) is 108 cm³/mol. The lowest BCUT2D eigenvalue weighted by Crippen LogP contribution is -2.22. The molecule has 0 aliphatic rings. The molecule has 0 saturated heterocycles. The Labute approximate surface area is 158 Å². The second-order valence-corrected chi connectivity index (χ2v) is 6.54. The number of fused-ring (bicyclic) bond motifs is 1. The molecule has 0 atom stereocenters. The molecule has 0 fully saturated rings. The summed E-state index contributed by atoms with van der Waals surface area (Å²) in [5.41, 5.74) is 13.5. The third-order valence-electron chi connectivity index (χ3n) is 4.22. The Balaban J connectivity index is 1.91. The van der Waals surface area contributed by atoms with Gasteiger partial charge in [-0.15, -0.1) is 0 Å². The van der Waals surface area contributed by atoms with E-state index in [0.717, 1.165) is 36.0 Å². The molecule has 0 radical (unpaired) electrons. The van der Waals surface area contributed by atoms with Gasteiger partial charge in [0, 0.05) is 30.1 Å². The number of nitrogens with two attached hydrogens (primary N) is 2. The maximum absolute atomic E-state index is 6.27. The molecule has 6 heteroatoms. The first-order valence-electron chi connectivity index (χ1n) is 8.50. The topological polar surface area (TPSA) is 80.5 Å². The number of hydrogen-bond acceptors (Lipinski definition) is 3. The summed E-state index contributed by atoms with van der Waals surface area (Å²) in [6.07, 6.45) is 1.57. The lowest BCUT2D eigenvalue weighted by Gasteiger charge is -2.21. The molecular formula is C20H22ClN5. The van der Waals surface area contributed by atoms with E-state index in [1.54, 1.807) is 6.20 Å². The zero-order valence-electron chi connectivity index (χ0n) is 14.7. The number of hydrogen-bond donors (Lipinski definition) is 2. The van der Waals surface area contributed by atoms with Crippen molar-refractivity contribution in [3.8, 4) is 0 Å². The van der Waals surface area contributed by atoms with Gasteiger partial charge in [0.15, 0.2) is 11.8 Å². The summed E-state index contributed by atoms with van der Waals surface area (Å²) in [5.74, 6) is 0.461. The maximum atomic E-state index is 6.27. The molecule has 0 amide bonds. The predicted octanol–water partition coefficient (Wildman–Crippen LogP) is 3.82. The number of pyridine rings is 1. The first-order chi connectivity index (χ1) is 12.6. The summed E-state index contributed by atoms with van der Waals surface area (Å²) in [5, 5.41) is 2.31. The van der Waals surface area contributed by atoms with Crippen LogP contribution in [0, 0.1) is 0 Å². The average molecular weight is 368 g/mol. The highest BCUT2D eigenvalue weighted by atomic mass is 35.5. The monoisotopic (exact) mass is 367 g/mol. The summed E-state index contributed by atoms with van der Waals surface area (Å²) in [7, 11) is 0. The van der Waals surface area contributed by atoms with Crippen LogP contribution in [0.1, 0.15) is 18.1 Å². The van der Waals surface area contributed by atoms with Gasteiger partial charge in [0.05, 0.1) is 5.02 Å². The van der Waals surface area contributed by atoms with E-state index >= 15 is 0 Å². The first kappa shape index (κ1) is 18.2. The second kappa shape index (κ2) is 8.17. The summed E-state index contributed by atoms with van der Waals surface area (Å²) in [6.45, 7) is 4.81. The van der Waals surface area contributed by atoms with Crippen molar-refractivity contribution < 1.29 is 0 Å². The van der Waals surface area contributed by atoms with E-state index < -0.39 is 0 Å². The normalized spacial score (nSPS) is 11.0. The van der Waals surface area contributed by atoms with Gasteiger partial charge >= 0.3 is 0 Å². The molecule has 2 aromatic carbocycles. The van der Waals surface area contributed by atoms with Crippen molar-refractivity contribution >= 4 is 34.2 Å². The van der Waals surface area contributed by atoms with Crippen LogP contribution in [0.25, 0.3) is 10.8 Å². The van der Waals surface area contributed by atoms with E-state index in [1.165, 1.54) is 5.56 Å². The molecule has 0 unspecified atom stereocenters. The molecule has 3 aromatic rings. The van der Waals surface area contributed by atoms with Crippen molar-refractivity contribution in [1.82, 2.24) is 9.88 Å². The van der Waals surface area contributed by atoms with E-state index in [2.05, 4.69) is 58.2 Å². The summed E-state index contributed by atoms with van der Waals surface area (Å²) < 4.78 is 0. The number of halogens is 1. The zero-order chi connectivity index (χ0) is 18.5. The molecule has 0 aliphatic heterocycles. The summed E-state index contributed by atoms with van der Waals surface area (Å²) in [4.78, 5) is 10.8. The molecule has 0 aliphatic carbocycles. The van der Waals surface area contributed by atoms with Crippen LogP contribution >= 0.6 is 11.6 Å². The van der Waals surface area contributed by atoms with E-state index in [1.807, 2.05) is 12.1 Å². The standard InChI is InChI=1S/C20H22ClN5/c1-2-26(12-14-6-4-3-5-7-14)13-15-8-9-16-17(10-15)19(25-20(22)23)24-11-18(16)21/h3-11H,2,12-13H2,1H3,(H4,22,23,24,25). The molecule has 1 heterocycles. The minimum atomic E-state index is -0.0224. The van der Waals surface area contributed by atoms with Gasteiger partial charge in [0.1, 0.15) is 0 Å². The van der Waals surface area contributed by atoms with Gasteiger partial charge in [0.2, 0.25) is 0 Å². The lowest BCUT2D eigenvalue weighted by molar-refractivity contribution is 0.271. The van der Waals surface area contributed by atoms with E-state index in [-0.39, 0.29) is 5.96 Å². The number of aromatic nitrogens is 1. The SMILES string of the molecule is CCN(Cc1ccccc1)Cc1ccc2c(Cl)cnc(N=C(N)N)c2c1. The van der Waals surface area contributed by atoms with Crippen molar-refractivity contribution in [2.24, 2.45) is 16.5 Å². The number of rotatable bonds is 6. The van der Waals surface area contributed by atoms with Crippen molar-refractivity contribution in [1.29, 1.82) is 0 Å². The van der Waals surface area contributed by atoms with Crippen molar-refractivity contribution in [3.05, 3.63) is 70.9 Å². The van der Waals surface area contributed by atoms with Crippen LogP contribution in [-0.4, -0.2) is 22.4 Å². The summed E-state index contributed by atoms with van der Waals surface area (Å²) in [6, 6.07) is 16.6. The van der Waals surface area contributed by atoms with Gasteiger partial charge in [-0.3, -0.25) is 4.90 Å². The van der Waals surface area contributed by atoms with Gasteiger partial charge in [-0.2, -0.15) is 4.99 Å². The third-order valence-corrected chi connectivity index (χ3v) is 4.52. The van der Waals surface area contributed by atoms with E-state index in [9.17, 15) is 0 Å². The molecule has 1 aromatic heterocycles. The lowest BCUT2D eigenvalue weighted by atomic mass is 10.1. The second-order valence-electron chi connectivity index (χ2n) is 6.14. The highest BCUT2D eigenvalue weighted by Gasteiger charge is 2.10. The Bertz CT molecular complexity index is 920. The van der Waals surface area contributed by atoms with E-state index in [0.29, 0.717) is 10.8 Å². The Morgan fingerprint density at radius 1 is 1.04 bits per heavy atom. The average Bonchev–Trinajstić information content (AvgIpc) is 2.64. The van der Waals surface area contributed by atoms with Crippen LogP contribution in [0.2, 0.25) is 5.02 Å². The molecule has 26 heavy (non-hydrogen) atoms. The fourth-order valence-electron chi connectivity index (χ4n) is 2.93. The molecule has 0 bridgehead atoms. The van der Waals surface area contributed by atoms with Crippen LogP contribution in [0.3, 0.4) is 0 Å². The Morgan fingerprint density at radius 2 is 1.77 bits per heavy atom. The number of nitrogens with zero attached hydrogens (tertiary/aromatic N) is 3. The fraction of sp³-hybridized carbons (Fsp3) is 0.200. The quantitative estimate of drug-likeness (QED) is 0.512. The van der Waals surface area contributed by atoms with Gasteiger partial charge in [-0.05, 0) is 23.7 Å². The Hall–Kier alpha value is -2.63. The molecule has 0 saturated carbocycles. The van der Waals surface area contributed by atoms with Crippen LogP contribution < -0.4 is 11.5 Å². The van der Waals surface area contributed by atoms with Crippen molar-refractivity contribution in [2.45, 2.75) is 20.0 Å². The first-order valence-corrected chi connectivity index (χ1v) is 8.87. The number of benzene rings is 2. The van der Waals surface area contributed by atoms with Crippen molar-refractivity contribution in [2.75, 3.05) is 6.54 Å². The largest absolute Gasteiger partial charge is 0.370 e. The molecule has 0 spiro atoms. The van der Waals surface area contributed by atoms with Crippen LogP contribution in [0.4, 0.5) is 5.82 Å². The Kier molecular flexibility index (Phi) is 5.71. The highest BCUT2D eigenvalue weighted by Crippen LogP contribution is 2.30. The van der Waals surface area contributed by atoms with Crippen LogP contribution in [-0.2, 0) is 13.1 Å². The van der Waals surface area contributed by atoms with Gasteiger partial charge in [-0.25, -0.2) is 4.98 Å². The smallest absolute Gasteiger partial charge is 0.192 e. The zero-order valence-corrected chi connectivity index (χ0v) is 15.4. The number of guanidine groups is 1. The van der Waals surface area contributed by atoms with Gasteiger partial charge in [0.25, 0.3) is 0 Å².